The fourth-order valence-corrected chi connectivity index (χ4v) is 9.30. The number of esters is 2. The molecule has 11 atom stereocenters. The quantitative estimate of drug-likeness (QED) is 0.137. The Bertz CT molecular complexity index is 1300. The van der Waals surface area contributed by atoms with Gasteiger partial charge in [-0.1, -0.05) is 40.0 Å². The van der Waals surface area contributed by atoms with Crippen LogP contribution in [0, 0.1) is 117 Å². The van der Waals surface area contributed by atoms with Crippen molar-refractivity contribution >= 4 is 23.6 Å². The van der Waals surface area contributed by atoms with Crippen LogP contribution in [0.5, 0.6) is 0 Å². The molecule has 1 amide bonds. The van der Waals surface area contributed by atoms with Gasteiger partial charge in [0.15, 0.2) is 11.9 Å². The van der Waals surface area contributed by atoms with Crippen molar-refractivity contribution in [3.05, 3.63) is 11.1 Å². The molecule has 0 aromatic rings. The normalized spacial score (nSPS) is 38.7. The molecule has 2 bridgehead atoms. The van der Waals surface area contributed by atoms with E-state index < -0.39 is 107 Å². The predicted molar refractivity (Wildman–Crippen MR) is 166 cm³/mol. The maximum atomic E-state index is 14.4. The smallest absolute Gasteiger partial charge is 0.337 e. The third-order valence-corrected chi connectivity index (χ3v) is 12.2. The molecule has 0 saturated heterocycles. The molecule has 0 spiro atoms. The molecule has 0 aromatic heterocycles. The first-order valence-corrected chi connectivity index (χ1v) is 16.7. The minimum absolute atomic E-state index is 0. The van der Waals surface area contributed by atoms with Gasteiger partial charge in [-0.25, -0.2) is 4.79 Å². The number of ketones is 1. The molecular formula is C34H53Ac2NO12. The van der Waals surface area contributed by atoms with Gasteiger partial charge >= 0.3 is 11.9 Å². The van der Waals surface area contributed by atoms with E-state index in [1.54, 1.807) is 6.92 Å². The zero-order valence-electron chi connectivity index (χ0n) is 29.6. The van der Waals surface area contributed by atoms with E-state index in [1.807, 2.05) is 0 Å². The molecule has 2 radical (unpaired) electrons. The van der Waals surface area contributed by atoms with E-state index in [9.17, 15) is 49.8 Å². The molecule has 0 heterocycles. The van der Waals surface area contributed by atoms with Crippen LogP contribution in [-0.2, 0) is 28.7 Å². The van der Waals surface area contributed by atoms with Gasteiger partial charge in [0.2, 0.25) is 5.91 Å². The number of aliphatic hydroxyl groups excluding tert-OH is 4. The summed E-state index contributed by atoms with van der Waals surface area (Å²) in [5.74, 6) is -5.99. The third kappa shape index (κ3) is 7.85. The Labute approximate surface area is 359 Å². The van der Waals surface area contributed by atoms with E-state index in [4.69, 9.17) is 9.47 Å². The van der Waals surface area contributed by atoms with Gasteiger partial charge in [-0.15, -0.1) is 0 Å². The molecule has 15 heteroatoms. The number of rotatable bonds is 7. The molecule has 3 fully saturated rings. The van der Waals surface area contributed by atoms with Crippen LogP contribution in [0.3, 0.4) is 0 Å². The number of Topliss-reactive ketones (excluding diaryl/α,β-unsaturated/α-hetero) is 1. The largest absolute Gasteiger partial charge is 0.459 e. The number of amides is 1. The molecule has 3 saturated carbocycles. The van der Waals surface area contributed by atoms with E-state index >= 15 is 0 Å². The van der Waals surface area contributed by atoms with Crippen LogP contribution in [0.2, 0.25) is 0 Å². The van der Waals surface area contributed by atoms with Crippen LogP contribution in [0.4, 0.5) is 0 Å². The van der Waals surface area contributed by atoms with E-state index in [0.29, 0.717) is 12.8 Å². The Morgan fingerprint density at radius 1 is 1.00 bits per heavy atom. The van der Waals surface area contributed by atoms with Gasteiger partial charge in [0.1, 0.15) is 23.9 Å². The van der Waals surface area contributed by atoms with Gasteiger partial charge in [-0.05, 0) is 56.1 Å². The first-order chi connectivity index (χ1) is 21.7. The predicted octanol–water partition coefficient (Wildman–Crippen LogP) is 0.444. The van der Waals surface area contributed by atoms with E-state index in [2.05, 4.69) is 5.32 Å². The Hall–Kier alpha value is 0.463. The SMILES string of the molecule is CC(=O)N[C@@H](C1CCCCC1)[C@@H](O)C(=O)O[C@H]1C[C@@]2(O)[C@@H](OC(C)=O)[C@@H]3[C@](O)(CO)[C@H](C)C[C@H](O)[C@@]3(C)C(=O)[C@H](O)C(=C1C)C2(C)C.[Ac].[Ac]. The zero-order chi connectivity index (χ0) is 35.4. The van der Waals surface area contributed by atoms with Crippen molar-refractivity contribution in [2.24, 2.45) is 28.6 Å². The van der Waals surface area contributed by atoms with E-state index in [0.717, 1.165) is 26.2 Å². The summed E-state index contributed by atoms with van der Waals surface area (Å²) in [6, 6.07) is -0.937. The monoisotopic (exact) mass is 1120 g/mol. The van der Waals surface area contributed by atoms with Crippen molar-refractivity contribution in [1.82, 2.24) is 5.32 Å². The topological polar surface area (TPSA) is 220 Å². The fourth-order valence-electron chi connectivity index (χ4n) is 9.30. The van der Waals surface area contributed by atoms with Crippen molar-refractivity contribution in [2.45, 2.75) is 141 Å². The van der Waals surface area contributed by atoms with Gasteiger partial charge in [0.05, 0.1) is 29.8 Å². The van der Waals surface area contributed by atoms with Gasteiger partial charge in [-0.2, -0.15) is 0 Å². The van der Waals surface area contributed by atoms with Gasteiger partial charge in [0.25, 0.3) is 0 Å². The Morgan fingerprint density at radius 2 is 1.57 bits per heavy atom. The Kier molecular flexibility index (Phi) is 15.7. The molecule has 7 N–H and O–H groups in total. The maximum absolute atomic E-state index is 14.4. The van der Waals surface area contributed by atoms with Crippen LogP contribution in [0.1, 0.15) is 93.4 Å². The van der Waals surface area contributed by atoms with Crippen LogP contribution in [-0.4, -0.2) is 109 Å². The molecule has 0 aromatic carbocycles. The van der Waals surface area contributed by atoms with Crippen molar-refractivity contribution in [3.8, 4) is 0 Å². The summed E-state index contributed by atoms with van der Waals surface area (Å²) < 4.78 is 11.6. The van der Waals surface area contributed by atoms with Gasteiger partial charge in [0, 0.05) is 120 Å². The zero-order valence-corrected chi connectivity index (χ0v) is 39.1. The average Bonchev–Trinajstić information content (AvgIpc) is 2.99. The van der Waals surface area contributed by atoms with Crippen LogP contribution in [0.25, 0.3) is 0 Å². The molecule has 4 aliphatic carbocycles. The van der Waals surface area contributed by atoms with Crippen molar-refractivity contribution in [1.29, 1.82) is 0 Å². The summed E-state index contributed by atoms with van der Waals surface area (Å²) in [4.78, 5) is 52.8. The number of nitrogens with one attached hydrogen (secondary N) is 1. The second-order valence-corrected chi connectivity index (χ2v) is 15.2. The number of aliphatic hydroxyl groups is 6. The molecule has 4 aliphatic rings. The van der Waals surface area contributed by atoms with Crippen molar-refractivity contribution < 1.29 is 147 Å². The second-order valence-electron chi connectivity index (χ2n) is 15.2. The summed E-state index contributed by atoms with van der Waals surface area (Å²) in [5.41, 5.74) is -7.81. The van der Waals surface area contributed by atoms with Crippen LogP contribution >= 0.6 is 0 Å². The maximum Gasteiger partial charge on any atom is 0.337 e. The Balaban J connectivity index is 0.00000417. The fraction of sp³-hybridized carbons (Fsp3) is 0.824. The summed E-state index contributed by atoms with van der Waals surface area (Å²) in [6.45, 7) is 8.91. The first kappa shape index (κ1) is 45.6. The third-order valence-electron chi connectivity index (χ3n) is 12.2. The summed E-state index contributed by atoms with van der Waals surface area (Å²) in [7, 11) is 0. The standard InChI is InChI=1S/C34H53NO12.2Ac/c1-16-13-22(39)32(7)27(33(16,44)15-36)29(46-19(4)38)34(45)14-21(17(2)23(31(34,5)6)25(40)28(32)42)47-30(43)26(41)24(35-18(3)37)20-11-9-8-10-12-20;;/h16,20-22,24-27,29,36,39-41,44-45H,8-15H2,1-7H3,(H,35,37);;/t16-,21+,22+,24+,25-,26-,27+,29+,32-,33+,34-;;/m1../s1. The first-order valence-electron chi connectivity index (χ1n) is 16.7. The number of hydrogen-bond donors (Lipinski definition) is 7. The van der Waals surface area contributed by atoms with E-state index in [-0.39, 0.29) is 112 Å². The summed E-state index contributed by atoms with van der Waals surface area (Å²) >= 11 is 0. The molecule has 4 rings (SSSR count). The second kappa shape index (κ2) is 16.9. The number of ether oxygens (including phenoxy) is 2. The summed E-state index contributed by atoms with van der Waals surface area (Å²) in [5, 5.41) is 72.7. The summed E-state index contributed by atoms with van der Waals surface area (Å²) in [6.07, 6.45) is -4.79. The molecule has 272 valence electrons. The molecular weight excluding hydrogens is 1070 g/mol. The van der Waals surface area contributed by atoms with Gasteiger partial charge < -0.3 is 45.4 Å². The Morgan fingerprint density at radius 3 is 2.08 bits per heavy atom. The number of fused-ring (bicyclic) bond motifs is 3. The van der Waals surface area contributed by atoms with Crippen molar-refractivity contribution in [3.63, 3.8) is 0 Å². The average molecular weight is 1120 g/mol. The molecule has 0 unspecified atom stereocenters. The number of carbonyl (C=O) groups is 4. The van der Waals surface area contributed by atoms with Crippen molar-refractivity contribution in [2.75, 3.05) is 6.61 Å². The molecule has 13 nitrogen and oxygen atoms in total. The van der Waals surface area contributed by atoms with Crippen LogP contribution < -0.4 is 5.32 Å². The minimum Gasteiger partial charge on any atom is -0.459 e. The molecule has 49 heavy (non-hydrogen) atoms. The van der Waals surface area contributed by atoms with E-state index in [1.165, 1.54) is 34.6 Å². The van der Waals surface area contributed by atoms with Gasteiger partial charge in [-0.3, -0.25) is 14.4 Å². The number of hydrogen-bond acceptors (Lipinski definition) is 12. The molecule has 0 aliphatic heterocycles. The van der Waals surface area contributed by atoms with Crippen LogP contribution in [0.15, 0.2) is 11.1 Å². The number of carbonyl (C=O) groups excluding carboxylic acids is 4. The minimum atomic E-state index is -2.27.